The van der Waals surface area contributed by atoms with Gasteiger partial charge in [-0.3, -0.25) is 4.79 Å². The molecule has 1 amide bonds. The number of thioether (sulfide) groups is 1. The lowest BCUT2D eigenvalue weighted by Gasteiger charge is -2.15. The fourth-order valence-electron chi connectivity index (χ4n) is 2.70. The number of nitrogen functional groups attached to an aromatic ring is 1. The summed E-state index contributed by atoms with van der Waals surface area (Å²) in [4.78, 5) is 12.6. The van der Waals surface area contributed by atoms with E-state index in [4.69, 9.17) is 5.84 Å². The normalized spacial score (nSPS) is 12.0. The lowest BCUT2D eigenvalue weighted by atomic mass is 10.1. The van der Waals surface area contributed by atoms with E-state index in [0.717, 1.165) is 27.9 Å². The molecule has 0 saturated carbocycles. The number of benzene rings is 2. The van der Waals surface area contributed by atoms with Crippen LogP contribution in [0.25, 0.3) is 11.4 Å². The van der Waals surface area contributed by atoms with Gasteiger partial charge in [0, 0.05) is 11.3 Å². The summed E-state index contributed by atoms with van der Waals surface area (Å²) in [5.41, 5.74) is 4.96. The van der Waals surface area contributed by atoms with Gasteiger partial charge in [-0.15, -0.1) is 10.2 Å². The SMILES string of the molecule is Cc1ccc(-c2nnc(S[C@H](C)C(=O)Nc3c(C)cccc3C)n2N)cc1. The molecular formula is C20H23N5OS. The maximum absolute atomic E-state index is 12.6. The lowest BCUT2D eigenvalue weighted by Crippen LogP contribution is -2.24. The van der Waals surface area contributed by atoms with E-state index in [-0.39, 0.29) is 11.2 Å². The van der Waals surface area contributed by atoms with Crippen molar-refractivity contribution in [3.05, 3.63) is 59.2 Å². The third-order valence-electron chi connectivity index (χ3n) is 4.36. The Hall–Kier alpha value is -2.80. The Labute approximate surface area is 163 Å². The van der Waals surface area contributed by atoms with Gasteiger partial charge in [0.1, 0.15) is 0 Å². The Bertz CT molecular complexity index is 945. The zero-order valence-electron chi connectivity index (χ0n) is 15.9. The fourth-order valence-corrected chi connectivity index (χ4v) is 3.48. The van der Waals surface area contributed by atoms with Crippen LogP contribution >= 0.6 is 11.8 Å². The van der Waals surface area contributed by atoms with Gasteiger partial charge in [0.05, 0.1) is 5.25 Å². The highest BCUT2D eigenvalue weighted by Crippen LogP contribution is 2.27. The van der Waals surface area contributed by atoms with E-state index < -0.39 is 0 Å². The van der Waals surface area contributed by atoms with Gasteiger partial charge >= 0.3 is 0 Å². The van der Waals surface area contributed by atoms with Crippen LogP contribution in [0, 0.1) is 20.8 Å². The summed E-state index contributed by atoms with van der Waals surface area (Å²) in [7, 11) is 0. The first kappa shape index (κ1) is 19.0. The zero-order valence-corrected chi connectivity index (χ0v) is 16.7. The fraction of sp³-hybridized carbons (Fsp3) is 0.250. The Morgan fingerprint density at radius 2 is 1.70 bits per heavy atom. The van der Waals surface area contributed by atoms with Crippen molar-refractivity contribution < 1.29 is 4.79 Å². The maximum Gasteiger partial charge on any atom is 0.237 e. The maximum atomic E-state index is 12.6. The molecule has 140 valence electrons. The standard InChI is InChI=1S/C20H23N5OS/c1-12-8-10-16(11-9-12)18-23-24-20(25(18)21)27-15(4)19(26)22-17-13(2)6-5-7-14(17)3/h5-11,15H,21H2,1-4H3,(H,22,26)/t15-/m1/s1. The first-order valence-corrected chi connectivity index (χ1v) is 9.56. The Morgan fingerprint density at radius 1 is 1.07 bits per heavy atom. The van der Waals surface area contributed by atoms with Gasteiger partial charge in [-0.05, 0) is 38.8 Å². The van der Waals surface area contributed by atoms with Crippen LogP contribution in [-0.2, 0) is 4.79 Å². The van der Waals surface area contributed by atoms with E-state index >= 15 is 0 Å². The van der Waals surface area contributed by atoms with Crippen LogP contribution in [-0.4, -0.2) is 26.0 Å². The molecule has 0 bridgehead atoms. The van der Waals surface area contributed by atoms with Crippen LogP contribution < -0.4 is 11.2 Å². The predicted octanol–water partition coefficient (Wildman–Crippen LogP) is 3.70. The molecule has 0 aliphatic rings. The van der Waals surface area contributed by atoms with Gasteiger partial charge in [0.2, 0.25) is 11.1 Å². The average Bonchev–Trinajstić information content (AvgIpc) is 2.99. The molecule has 0 radical (unpaired) electrons. The van der Waals surface area contributed by atoms with Crippen LogP contribution in [0.1, 0.15) is 23.6 Å². The minimum atomic E-state index is -0.374. The van der Waals surface area contributed by atoms with Gasteiger partial charge in [-0.25, -0.2) is 4.68 Å². The number of nitrogens with zero attached hydrogens (tertiary/aromatic N) is 3. The van der Waals surface area contributed by atoms with Crippen molar-refractivity contribution in [1.29, 1.82) is 0 Å². The van der Waals surface area contributed by atoms with E-state index in [1.807, 2.05) is 70.2 Å². The highest BCUT2D eigenvalue weighted by Gasteiger charge is 2.21. The van der Waals surface area contributed by atoms with Gasteiger partial charge in [0.15, 0.2) is 5.82 Å². The van der Waals surface area contributed by atoms with Crippen molar-refractivity contribution in [3.63, 3.8) is 0 Å². The second-order valence-corrected chi connectivity index (χ2v) is 7.87. The number of carbonyl (C=O) groups excluding carboxylic acids is 1. The summed E-state index contributed by atoms with van der Waals surface area (Å²) in [5.74, 6) is 6.63. The molecule has 27 heavy (non-hydrogen) atoms. The van der Waals surface area contributed by atoms with Gasteiger partial charge < -0.3 is 11.2 Å². The smallest absolute Gasteiger partial charge is 0.237 e. The number of rotatable bonds is 5. The van der Waals surface area contributed by atoms with Crippen molar-refractivity contribution in [2.45, 2.75) is 38.1 Å². The Balaban J connectivity index is 1.73. The van der Waals surface area contributed by atoms with Crippen LogP contribution in [0.3, 0.4) is 0 Å². The number of hydrogen-bond acceptors (Lipinski definition) is 5. The minimum absolute atomic E-state index is 0.0997. The molecule has 1 atom stereocenters. The number of nitrogens with two attached hydrogens (primary N) is 1. The van der Waals surface area contributed by atoms with Crippen molar-refractivity contribution in [3.8, 4) is 11.4 Å². The minimum Gasteiger partial charge on any atom is -0.335 e. The van der Waals surface area contributed by atoms with Gasteiger partial charge in [0.25, 0.3) is 0 Å². The van der Waals surface area contributed by atoms with Crippen LogP contribution in [0.4, 0.5) is 5.69 Å². The average molecular weight is 382 g/mol. The van der Waals surface area contributed by atoms with Crippen molar-refractivity contribution in [2.75, 3.05) is 11.2 Å². The number of aromatic nitrogens is 3. The predicted molar refractivity (Wildman–Crippen MR) is 110 cm³/mol. The molecule has 0 aliphatic heterocycles. The largest absolute Gasteiger partial charge is 0.335 e. The molecule has 0 spiro atoms. The molecule has 1 aromatic heterocycles. The molecule has 3 N–H and O–H groups in total. The highest BCUT2D eigenvalue weighted by atomic mass is 32.2. The van der Waals surface area contributed by atoms with E-state index in [1.165, 1.54) is 16.4 Å². The summed E-state index contributed by atoms with van der Waals surface area (Å²) < 4.78 is 1.43. The van der Waals surface area contributed by atoms with E-state index in [9.17, 15) is 4.79 Å². The van der Waals surface area contributed by atoms with Crippen molar-refractivity contribution in [1.82, 2.24) is 14.9 Å². The molecule has 0 fully saturated rings. The molecule has 3 aromatic rings. The number of para-hydroxylation sites is 1. The van der Waals surface area contributed by atoms with Gasteiger partial charge in [-0.2, -0.15) is 0 Å². The van der Waals surface area contributed by atoms with Crippen LogP contribution in [0.15, 0.2) is 47.6 Å². The molecule has 2 aromatic carbocycles. The monoisotopic (exact) mass is 381 g/mol. The topological polar surface area (TPSA) is 85.8 Å². The van der Waals surface area contributed by atoms with E-state index in [0.29, 0.717) is 11.0 Å². The molecule has 0 aliphatic carbocycles. The number of nitrogens with one attached hydrogen (secondary N) is 1. The second kappa shape index (κ2) is 7.84. The Kier molecular flexibility index (Phi) is 5.51. The Morgan fingerprint density at radius 3 is 2.33 bits per heavy atom. The van der Waals surface area contributed by atoms with E-state index in [2.05, 4.69) is 15.5 Å². The number of aryl methyl sites for hydroxylation is 3. The molecule has 7 heteroatoms. The third-order valence-corrected chi connectivity index (χ3v) is 5.41. The lowest BCUT2D eigenvalue weighted by molar-refractivity contribution is -0.115. The molecule has 0 unspecified atom stereocenters. The highest BCUT2D eigenvalue weighted by molar-refractivity contribution is 8.00. The van der Waals surface area contributed by atoms with Crippen LogP contribution in [0.5, 0.6) is 0 Å². The summed E-state index contributed by atoms with van der Waals surface area (Å²) in [6.07, 6.45) is 0. The molecule has 6 nitrogen and oxygen atoms in total. The molecule has 1 heterocycles. The van der Waals surface area contributed by atoms with Crippen molar-refractivity contribution in [2.24, 2.45) is 0 Å². The molecule has 0 saturated heterocycles. The first-order chi connectivity index (χ1) is 12.9. The molecular weight excluding hydrogens is 358 g/mol. The third kappa shape index (κ3) is 4.14. The van der Waals surface area contributed by atoms with Crippen LogP contribution in [0.2, 0.25) is 0 Å². The summed E-state index contributed by atoms with van der Waals surface area (Å²) in [6.45, 7) is 7.80. The first-order valence-electron chi connectivity index (χ1n) is 8.68. The van der Waals surface area contributed by atoms with Gasteiger partial charge in [-0.1, -0.05) is 59.8 Å². The van der Waals surface area contributed by atoms with E-state index in [1.54, 1.807) is 0 Å². The number of carbonyl (C=O) groups is 1. The summed E-state index contributed by atoms with van der Waals surface area (Å²) in [5, 5.41) is 11.5. The quantitative estimate of drug-likeness (QED) is 0.520. The number of amides is 1. The van der Waals surface area contributed by atoms with Crippen molar-refractivity contribution >= 4 is 23.4 Å². The number of hydrogen-bond donors (Lipinski definition) is 2. The number of anilines is 1. The zero-order chi connectivity index (χ0) is 19.6. The second-order valence-electron chi connectivity index (χ2n) is 6.56. The summed E-state index contributed by atoms with van der Waals surface area (Å²) in [6, 6.07) is 13.8. The molecule has 3 rings (SSSR count). The summed E-state index contributed by atoms with van der Waals surface area (Å²) >= 11 is 1.28.